The van der Waals surface area contributed by atoms with Crippen LogP contribution in [0.3, 0.4) is 0 Å². The number of amides is 1. The molecule has 1 amide bonds. The van der Waals surface area contributed by atoms with Crippen molar-refractivity contribution >= 4 is 34.8 Å². The van der Waals surface area contributed by atoms with Crippen LogP contribution in [-0.4, -0.2) is 26.5 Å². The molecule has 6 nitrogen and oxygen atoms in total. The van der Waals surface area contributed by atoms with E-state index in [1.54, 1.807) is 30.3 Å². The molecular formula is C14H9Cl2N5O. The molecule has 0 aliphatic rings. The lowest BCUT2D eigenvalue weighted by Crippen LogP contribution is -2.11. The summed E-state index contributed by atoms with van der Waals surface area (Å²) in [5.74, 6) is 0.162. The van der Waals surface area contributed by atoms with E-state index in [9.17, 15) is 4.79 Å². The van der Waals surface area contributed by atoms with E-state index in [1.807, 2.05) is 6.07 Å². The number of H-pyrrole nitrogens is 1. The number of nitrogens with one attached hydrogen (secondary N) is 2. The zero-order valence-electron chi connectivity index (χ0n) is 11.0. The Balaban J connectivity index is 1.82. The molecule has 2 N–H and O–H groups in total. The van der Waals surface area contributed by atoms with Crippen molar-refractivity contribution in [3.05, 3.63) is 58.1 Å². The number of hydrogen-bond acceptors (Lipinski definition) is 4. The summed E-state index contributed by atoms with van der Waals surface area (Å²) in [5, 5.41) is 17.2. The monoisotopic (exact) mass is 333 g/mol. The molecule has 3 rings (SSSR count). The van der Waals surface area contributed by atoms with Gasteiger partial charge in [-0.3, -0.25) is 4.79 Å². The van der Waals surface area contributed by atoms with Gasteiger partial charge in [-0.15, -0.1) is 10.2 Å². The van der Waals surface area contributed by atoms with Crippen LogP contribution in [-0.2, 0) is 0 Å². The number of nitrogens with zero attached hydrogens (tertiary/aromatic N) is 3. The van der Waals surface area contributed by atoms with Gasteiger partial charge < -0.3 is 5.32 Å². The third kappa shape index (κ3) is 3.08. The highest BCUT2D eigenvalue weighted by Gasteiger charge is 2.10. The van der Waals surface area contributed by atoms with Crippen molar-refractivity contribution in [2.45, 2.75) is 0 Å². The van der Waals surface area contributed by atoms with Gasteiger partial charge in [0, 0.05) is 16.8 Å². The molecule has 22 heavy (non-hydrogen) atoms. The number of benzene rings is 2. The molecule has 0 atom stereocenters. The first-order valence-electron chi connectivity index (χ1n) is 6.24. The molecule has 1 heterocycles. The highest BCUT2D eigenvalue weighted by Crippen LogP contribution is 2.24. The molecule has 0 radical (unpaired) electrons. The Bertz CT molecular complexity index is 820. The smallest absolute Gasteiger partial charge is 0.255 e. The topological polar surface area (TPSA) is 83.6 Å². The molecule has 3 aromatic rings. The Morgan fingerprint density at radius 2 is 1.95 bits per heavy atom. The van der Waals surface area contributed by atoms with Gasteiger partial charge in [0.2, 0.25) is 5.82 Å². The summed E-state index contributed by atoms with van der Waals surface area (Å²) in [4.78, 5) is 12.2. The van der Waals surface area contributed by atoms with Gasteiger partial charge in [-0.1, -0.05) is 35.3 Å². The molecule has 0 fully saturated rings. The third-order valence-electron chi connectivity index (χ3n) is 2.91. The van der Waals surface area contributed by atoms with Crippen LogP contribution in [0.1, 0.15) is 10.4 Å². The second-order valence-electron chi connectivity index (χ2n) is 4.40. The lowest BCUT2D eigenvalue weighted by atomic mass is 10.1. The normalized spacial score (nSPS) is 10.5. The molecule has 8 heteroatoms. The summed E-state index contributed by atoms with van der Waals surface area (Å²) < 4.78 is 0. The van der Waals surface area contributed by atoms with Gasteiger partial charge >= 0.3 is 0 Å². The molecule has 0 saturated heterocycles. The first-order chi connectivity index (χ1) is 10.6. The number of rotatable bonds is 3. The fourth-order valence-corrected chi connectivity index (χ4v) is 2.16. The quantitative estimate of drug-likeness (QED) is 0.769. The fourth-order valence-electron chi connectivity index (χ4n) is 1.86. The van der Waals surface area contributed by atoms with Crippen molar-refractivity contribution in [3.63, 3.8) is 0 Å². The van der Waals surface area contributed by atoms with Crippen LogP contribution in [0.2, 0.25) is 10.0 Å². The number of hydrogen-bond donors (Lipinski definition) is 2. The summed E-state index contributed by atoms with van der Waals surface area (Å²) in [6, 6.07) is 11.8. The van der Waals surface area contributed by atoms with Crippen molar-refractivity contribution in [2.75, 3.05) is 5.32 Å². The number of carbonyl (C=O) groups excluding carboxylic acids is 1. The predicted octanol–water partition coefficient (Wildman–Crippen LogP) is 3.43. The Hall–Kier alpha value is -2.44. The highest BCUT2D eigenvalue weighted by atomic mass is 35.5. The van der Waals surface area contributed by atoms with Gasteiger partial charge in [-0.2, -0.15) is 5.21 Å². The summed E-state index contributed by atoms with van der Waals surface area (Å²) in [6.45, 7) is 0. The maximum Gasteiger partial charge on any atom is 0.255 e. The minimum absolute atomic E-state index is 0.288. The third-order valence-corrected chi connectivity index (χ3v) is 3.64. The molecule has 1 aromatic heterocycles. The van der Waals surface area contributed by atoms with Gasteiger partial charge in [0.05, 0.1) is 10.0 Å². The molecule has 0 aliphatic carbocycles. The second-order valence-corrected chi connectivity index (χ2v) is 5.21. The van der Waals surface area contributed by atoms with Crippen molar-refractivity contribution in [1.82, 2.24) is 20.6 Å². The average Bonchev–Trinajstić information content (AvgIpc) is 3.04. The van der Waals surface area contributed by atoms with E-state index >= 15 is 0 Å². The average molecular weight is 334 g/mol. The number of anilines is 1. The number of halogens is 2. The number of aromatic nitrogens is 4. The SMILES string of the molecule is O=C(Nc1cccc(-c2nn[nH]n2)c1)c1ccc(Cl)c(Cl)c1. The van der Waals surface area contributed by atoms with Crippen LogP contribution in [0.4, 0.5) is 5.69 Å². The van der Waals surface area contributed by atoms with E-state index in [0.29, 0.717) is 27.1 Å². The number of tetrazole rings is 1. The van der Waals surface area contributed by atoms with Crippen LogP contribution in [0, 0.1) is 0 Å². The van der Waals surface area contributed by atoms with E-state index in [1.165, 1.54) is 6.07 Å². The lowest BCUT2D eigenvalue weighted by molar-refractivity contribution is 0.102. The van der Waals surface area contributed by atoms with Crippen LogP contribution in [0.5, 0.6) is 0 Å². The van der Waals surface area contributed by atoms with Crippen molar-refractivity contribution < 1.29 is 4.79 Å². The first-order valence-corrected chi connectivity index (χ1v) is 6.99. The van der Waals surface area contributed by atoms with Gasteiger partial charge in [-0.05, 0) is 35.5 Å². The Morgan fingerprint density at radius 1 is 1.09 bits per heavy atom. The van der Waals surface area contributed by atoms with Gasteiger partial charge in [0.25, 0.3) is 5.91 Å². The van der Waals surface area contributed by atoms with Crippen molar-refractivity contribution in [1.29, 1.82) is 0 Å². The Labute approximate surface area is 135 Å². The summed E-state index contributed by atoms with van der Waals surface area (Å²) in [6.07, 6.45) is 0. The minimum Gasteiger partial charge on any atom is -0.322 e. The Kier molecular flexibility index (Phi) is 4.04. The van der Waals surface area contributed by atoms with Gasteiger partial charge in [0.1, 0.15) is 0 Å². The van der Waals surface area contributed by atoms with Gasteiger partial charge in [0.15, 0.2) is 0 Å². The summed E-state index contributed by atoms with van der Waals surface area (Å²) >= 11 is 11.8. The summed E-state index contributed by atoms with van der Waals surface area (Å²) in [5.41, 5.74) is 1.76. The van der Waals surface area contributed by atoms with Gasteiger partial charge in [-0.25, -0.2) is 0 Å². The standard InChI is InChI=1S/C14H9Cl2N5O/c15-11-5-4-9(7-12(11)16)14(22)17-10-3-1-2-8(6-10)13-18-20-21-19-13/h1-7H,(H,17,22)(H,18,19,20,21). The predicted molar refractivity (Wildman–Crippen MR) is 84.0 cm³/mol. The van der Waals surface area contributed by atoms with E-state index < -0.39 is 0 Å². The van der Waals surface area contributed by atoms with Crippen LogP contribution >= 0.6 is 23.2 Å². The number of carbonyl (C=O) groups is 1. The van der Waals surface area contributed by atoms with Crippen molar-refractivity contribution in [3.8, 4) is 11.4 Å². The minimum atomic E-state index is -0.288. The summed E-state index contributed by atoms with van der Waals surface area (Å²) in [7, 11) is 0. The largest absolute Gasteiger partial charge is 0.322 e. The highest BCUT2D eigenvalue weighted by molar-refractivity contribution is 6.42. The van der Waals surface area contributed by atoms with Crippen LogP contribution < -0.4 is 5.32 Å². The zero-order chi connectivity index (χ0) is 15.5. The van der Waals surface area contributed by atoms with Crippen LogP contribution in [0.25, 0.3) is 11.4 Å². The second kappa shape index (κ2) is 6.13. The van der Waals surface area contributed by atoms with E-state index in [2.05, 4.69) is 25.9 Å². The molecule has 2 aromatic carbocycles. The van der Waals surface area contributed by atoms with Crippen LogP contribution in [0.15, 0.2) is 42.5 Å². The molecule has 0 saturated carbocycles. The maximum absolute atomic E-state index is 12.2. The fraction of sp³-hybridized carbons (Fsp3) is 0. The van der Waals surface area contributed by atoms with E-state index in [-0.39, 0.29) is 5.91 Å². The zero-order valence-corrected chi connectivity index (χ0v) is 12.6. The molecular weight excluding hydrogens is 325 g/mol. The molecule has 0 spiro atoms. The van der Waals surface area contributed by atoms with Crippen molar-refractivity contribution in [2.24, 2.45) is 0 Å². The number of aromatic amines is 1. The van der Waals surface area contributed by atoms with E-state index in [4.69, 9.17) is 23.2 Å². The molecule has 0 unspecified atom stereocenters. The van der Waals surface area contributed by atoms with E-state index in [0.717, 1.165) is 5.56 Å². The lowest BCUT2D eigenvalue weighted by Gasteiger charge is -2.07. The first kappa shape index (κ1) is 14.5. The maximum atomic E-state index is 12.2. The molecule has 0 aliphatic heterocycles. The molecule has 110 valence electrons. The molecule has 0 bridgehead atoms. The Morgan fingerprint density at radius 3 is 2.68 bits per heavy atom.